The highest BCUT2D eigenvalue weighted by atomic mass is 32.1. The van der Waals surface area contributed by atoms with Crippen molar-refractivity contribution < 1.29 is 9.53 Å². The van der Waals surface area contributed by atoms with E-state index in [9.17, 15) is 4.79 Å². The topological polar surface area (TPSA) is 71.4 Å². The molecule has 0 radical (unpaired) electrons. The number of rotatable bonds is 7. The van der Waals surface area contributed by atoms with Crippen LogP contribution in [0.15, 0.2) is 97.3 Å². The maximum Gasteiger partial charge on any atom is 0.244 e. The fourth-order valence-corrected chi connectivity index (χ4v) is 4.76. The first-order valence-corrected chi connectivity index (χ1v) is 11.7. The first kappa shape index (κ1) is 22.6. The number of amides is 1. The van der Waals surface area contributed by atoms with Crippen LogP contribution in [0, 0.1) is 0 Å². The number of nitrogens with one attached hydrogen (secondary N) is 2. The highest BCUT2D eigenvalue weighted by Crippen LogP contribution is 2.40. The third-order valence-corrected chi connectivity index (χ3v) is 6.35. The van der Waals surface area contributed by atoms with Gasteiger partial charge in [0.1, 0.15) is 12.3 Å². The van der Waals surface area contributed by atoms with E-state index in [1.54, 1.807) is 13.3 Å². The van der Waals surface area contributed by atoms with Gasteiger partial charge in [-0.15, -0.1) is 0 Å². The molecule has 3 heterocycles. The number of benzene rings is 2. The maximum atomic E-state index is 13.0. The van der Waals surface area contributed by atoms with Crippen molar-refractivity contribution in [2.24, 2.45) is 0 Å². The summed E-state index contributed by atoms with van der Waals surface area (Å²) in [7, 11) is 1.66. The number of ether oxygens (including phenoxy) is 1. The SMILES string of the molecule is COc1ccccc1-n1cccc1[C@H]1[C@@H](c2ccccn2)NC(=S)N1CC(=O)Nc1ccccc1. The van der Waals surface area contributed by atoms with E-state index in [1.165, 1.54) is 0 Å². The summed E-state index contributed by atoms with van der Waals surface area (Å²) in [6, 6.07) is 26.6. The molecule has 0 bridgehead atoms. The van der Waals surface area contributed by atoms with Crippen molar-refractivity contribution in [1.82, 2.24) is 19.8 Å². The van der Waals surface area contributed by atoms with Crippen LogP contribution in [0.1, 0.15) is 23.5 Å². The number of nitrogens with zero attached hydrogens (tertiary/aromatic N) is 3. The molecule has 2 aromatic heterocycles. The van der Waals surface area contributed by atoms with Crippen molar-refractivity contribution >= 4 is 28.9 Å². The van der Waals surface area contributed by atoms with Gasteiger partial charge in [-0.2, -0.15) is 0 Å². The largest absolute Gasteiger partial charge is 0.495 e. The second kappa shape index (κ2) is 9.99. The van der Waals surface area contributed by atoms with Crippen molar-refractivity contribution in [3.05, 3.63) is 109 Å². The molecule has 5 rings (SSSR count). The zero-order chi connectivity index (χ0) is 24.2. The smallest absolute Gasteiger partial charge is 0.244 e. The Balaban J connectivity index is 1.54. The summed E-state index contributed by atoms with van der Waals surface area (Å²) in [4.78, 5) is 19.6. The van der Waals surface area contributed by atoms with Gasteiger partial charge in [-0.05, 0) is 60.7 Å². The summed E-state index contributed by atoms with van der Waals surface area (Å²) < 4.78 is 7.71. The van der Waals surface area contributed by atoms with Crippen LogP contribution in [-0.4, -0.2) is 39.1 Å². The first-order valence-electron chi connectivity index (χ1n) is 11.3. The van der Waals surface area contributed by atoms with Gasteiger partial charge in [0, 0.05) is 23.8 Å². The molecule has 2 atom stereocenters. The van der Waals surface area contributed by atoms with Crippen molar-refractivity contribution in [3.63, 3.8) is 0 Å². The number of anilines is 1. The van der Waals surface area contributed by atoms with Crippen LogP contribution < -0.4 is 15.4 Å². The summed E-state index contributed by atoms with van der Waals surface area (Å²) in [5.74, 6) is 0.601. The normalized spacial score (nSPS) is 17.2. The third kappa shape index (κ3) is 4.61. The van der Waals surface area contributed by atoms with E-state index in [2.05, 4.69) is 20.2 Å². The molecule has 8 heteroatoms. The molecule has 1 aliphatic heterocycles. The monoisotopic (exact) mass is 483 g/mol. The molecule has 1 aliphatic rings. The second-order valence-electron chi connectivity index (χ2n) is 8.14. The third-order valence-electron chi connectivity index (χ3n) is 6.00. The number of pyridine rings is 1. The lowest BCUT2D eigenvalue weighted by molar-refractivity contribution is -0.116. The number of carbonyl (C=O) groups is 1. The lowest BCUT2D eigenvalue weighted by Crippen LogP contribution is -2.37. The molecular formula is C27H25N5O2S. The summed E-state index contributed by atoms with van der Waals surface area (Å²) in [5, 5.41) is 6.87. The summed E-state index contributed by atoms with van der Waals surface area (Å²) >= 11 is 5.73. The lowest BCUT2D eigenvalue weighted by atomic mass is 10.0. The van der Waals surface area contributed by atoms with Gasteiger partial charge in [0.2, 0.25) is 5.91 Å². The van der Waals surface area contributed by atoms with E-state index in [4.69, 9.17) is 17.0 Å². The van der Waals surface area contributed by atoms with Crippen LogP contribution in [0.2, 0.25) is 0 Å². The highest BCUT2D eigenvalue weighted by Gasteiger charge is 2.42. The standard InChI is InChI=1S/C27H25N5O2S/c1-34-23-15-6-5-13-21(23)31-17-9-14-22(31)26-25(20-12-7-8-16-28-20)30-27(35)32(26)18-24(33)29-19-10-3-2-4-11-19/h2-17,25-26H,18H2,1H3,(H,29,33)(H,30,35)/t25-,26+/m1/s1. The van der Waals surface area contributed by atoms with Crippen LogP contribution in [-0.2, 0) is 4.79 Å². The zero-order valence-electron chi connectivity index (χ0n) is 19.2. The Hall–Kier alpha value is -4.17. The number of thiocarbonyl (C=S) groups is 1. The van der Waals surface area contributed by atoms with E-state index in [0.717, 1.165) is 28.5 Å². The number of methoxy groups -OCH3 is 1. The van der Waals surface area contributed by atoms with Gasteiger partial charge >= 0.3 is 0 Å². The van der Waals surface area contributed by atoms with Crippen LogP contribution in [0.4, 0.5) is 5.69 Å². The van der Waals surface area contributed by atoms with E-state index in [0.29, 0.717) is 5.11 Å². The van der Waals surface area contributed by atoms with Crippen LogP contribution in [0.3, 0.4) is 0 Å². The van der Waals surface area contributed by atoms with Gasteiger partial charge < -0.3 is 24.8 Å². The first-order chi connectivity index (χ1) is 17.2. The number of hydrogen-bond donors (Lipinski definition) is 2. The quantitative estimate of drug-likeness (QED) is 0.378. The van der Waals surface area contributed by atoms with Gasteiger partial charge in [0.15, 0.2) is 5.11 Å². The van der Waals surface area contributed by atoms with E-state index in [-0.39, 0.29) is 24.5 Å². The molecule has 0 unspecified atom stereocenters. The lowest BCUT2D eigenvalue weighted by Gasteiger charge is -2.28. The second-order valence-corrected chi connectivity index (χ2v) is 8.53. The molecule has 2 aromatic carbocycles. The number of para-hydroxylation sites is 3. The summed E-state index contributed by atoms with van der Waals surface area (Å²) in [5.41, 5.74) is 3.45. The minimum atomic E-state index is -0.279. The number of aromatic nitrogens is 2. The van der Waals surface area contributed by atoms with Crippen LogP contribution in [0.25, 0.3) is 5.69 Å². The Morgan fingerprint density at radius 2 is 1.80 bits per heavy atom. The fraction of sp³-hybridized carbons (Fsp3) is 0.148. The summed E-state index contributed by atoms with van der Waals surface area (Å²) in [6.45, 7) is 0.0891. The molecular weight excluding hydrogens is 458 g/mol. The van der Waals surface area contributed by atoms with Gasteiger partial charge in [0.05, 0.1) is 30.6 Å². The molecule has 7 nitrogen and oxygen atoms in total. The molecule has 35 heavy (non-hydrogen) atoms. The highest BCUT2D eigenvalue weighted by molar-refractivity contribution is 7.80. The molecule has 0 spiro atoms. The predicted octanol–water partition coefficient (Wildman–Crippen LogP) is 4.49. The fourth-order valence-electron chi connectivity index (χ4n) is 4.46. The summed E-state index contributed by atoms with van der Waals surface area (Å²) in [6.07, 6.45) is 3.76. The Kier molecular flexibility index (Phi) is 6.45. The predicted molar refractivity (Wildman–Crippen MR) is 140 cm³/mol. The minimum Gasteiger partial charge on any atom is -0.495 e. The molecule has 0 saturated carbocycles. The minimum absolute atomic E-state index is 0.0891. The van der Waals surface area contributed by atoms with Crippen molar-refractivity contribution in [2.45, 2.75) is 12.1 Å². The van der Waals surface area contributed by atoms with Gasteiger partial charge in [-0.1, -0.05) is 36.4 Å². The molecule has 0 aliphatic carbocycles. The Labute approximate surface area is 209 Å². The van der Waals surface area contributed by atoms with Gasteiger partial charge in [-0.25, -0.2) is 0 Å². The molecule has 1 saturated heterocycles. The maximum absolute atomic E-state index is 13.0. The van der Waals surface area contributed by atoms with E-state index < -0.39 is 0 Å². The Morgan fingerprint density at radius 1 is 1.03 bits per heavy atom. The van der Waals surface area contributed by atoms with Gasteiger partial charge in [-0.3, -0.25) is 9.78 Å². The Morgan fingerprint density at radius 3 is 2.57 bits per heavy atom. The molecule has 176 valence electrons. The van der Waals surface area contributed by atoms with Crippen molar-refractivity contribution in [3.8, 4) is 11.4 Å². The van der Waals surface area contributed by atoms with Crippen LogP contribution >= 0.6 is 12.2 Å². The molecule has 4 aromatic rings. The zero-order valence-corrected chi connectivity index (χ0v) is 20.0. The van der Waals surface area contributed by atoms with Gasteiger partial charge in [0.25, 0.3) is 0 Å². The average molecular weight is 484 g/mol. The molecule has 2 N–H and O–H groups in total. The van der Waals surface area contributed by atoms with E-state index >= 15 is 0 Å². The average Bonchev–Trinajstić information content (AvgIpc) is 3.49. The Bertz CT molecular complexity index is 1330. The van der Waals surface area contributed by atoms with Crippen molar-refractivity contribution in [2.75, 3.05) is 19.0 Å². The number of hydrogen-bond acceptors (Lipinski definition) is 4. The molecule has 1 fully saturated rings. The molecule has 1 amide bonds. The number of carbonyl (C=O) groups excluding carboxylic acids is 1. The van der Waals surface area contributed by atoms with E-state index in [1.807, 2.05) is 96.0 Å². The van der Waals surface area contributed by atoms with Crippen molar-refractivity contribution in [1.29, 1.82) is 0 Å². The van der Waals surface area contributed by atoms with Crippen LogP contribution in [0.5, 0.6) is 5.75 Å².